The molecule has 1 aromatic carbocycles. The molecule has 3 rings (SSSR count). The Balaban J connectivity index is 1.71. The molecule has 0 aliphatic carbocycles. The predicted molar refractivity (Wildman–Crippen MR) is 82.7 cm³/mol. The van der Waals surface area contributed by atoms with E-state index >= 15 is 0 Å². The number of nitrogens with zero attached hydrogens (tertiary/aromatic N) is 2. The molecule has 0 aliphatic rings. The fourth-order valence-electron chi connectivity index (χ4n) is 2.38. The molecule has 0 bridgehead atoms. The number of halogens is 3. The van der Waals surface area contributed by atoms with E-state index in [1.165, 1.54) is 16.8 Å². The van der Waals surface area contributed by atoms with Crippen molar-refractivity contribution in [2.45, 2.75) is 12.6 Å². The van der Waals surface area contributed by atoms with E-state index < -0.39 is 11.7 Å². The molecular weight excluding hydrogens is 319 g/mol. The second kappa shape index (κ2) is 6.35. The molecule has 4 nitrogen and oxygen atoms in total. The van der Waals surface area contributed by atoms with Gasteiger partial charge in [0.15, 0.2) is 0 Å². The molecule has 2 aromatic heterocycles. The van der Waals surface area contributed by atoms with Crippen molar-refractivity contribution >= 4 is 11.6 Å². The number of fused-ring (bicyclic) bond motifs is 1. The van der Waals surface area contributed by atoms with Crippen molar-refractivity contribution in [3.05, 3.63) is 71.7 Å². The van der Waals surface area contributed by atoms with Gasteiger partial charge in [-0.3, -0.25) is 9.20 Å². The number of imidazole rings is 1. The maximum atomic E-state index is 12.7. The summed E-state index contributed by atoms with van der Waals surface area (Å²) in [5.74, 6) is -0.377. The smallest absolute Gasteiger partial charge is 0.350 e. The number of amides is 1. The highest BCUT2D eigenvalue weighted by molar-refractivity contribution is 5.93. The minimum absolute atomic E-state index is 0.0815. The van der Waals surface area contributed by atoms with Crippen molar-refractivity contribution in [3.63, 3.8) is 0 Å². The summed E-state index contributed by atoms with van der Waals surface area (Å²) < 4.78 is 39.4. The van der Waals surface area contributed by atoms with Crippen LogP contribution in [0.4, 0.5) is 13.2 Å². The number of nitrogens with one attached hydrogen (secondary N) is 1. The van der Waals surface area contributed by atoms with Gasteiger partial charge >= 0.3 is 6.18 Å². The van der Waals surface area contributed by atoms with Crippen LogP contribution in [0.2, 0.25) is 0 Å². The molecule has 124 valence electrons. The van der Waals surface area contributed by atoms with Crippen LogP contribution in [-0.2, 0) is 12.6 Å². The molecule has 1 amide bonds. The molecule has 3 aromatic rings. The number of carbonyl (C=O) groups excluding carboxylic acids is 1. The van der Waals surface area contributed by atoms with E-state index in [0.29, 0.717) is 13.0 Å². The minimum Gasteiger partial charge on any atom is -0.350 e. The summed E-state index contributed by atoms with van der Waals surface area (Å²) in [5.41, 5.74) is 0.576. The lowest BCUT2D eigenvalue weighted by Crippen LogP contribution is -2.26. The zero-order valence-corrected chi connectivity index (χ0v) is 12.5. The third-order valence-electron chi connectivity index (χ3n) is 3.62. The number of pyridine rings is 1. The SMILES string of the molecule is O=C(NCCc1ccccc1)c1cnc2cc(C(F)(F)F)ccn12. The highest BCUT2D eigenvalue weighted by Gasteiger charge is 2.31. The first-order valence-electron chi connectivity index (χ1n) is 7.31. The largest absolute Gasteiger partial charge is 0.416 e. The highest BCUT2D eigenvalue weighted by Crippen LogP contribution is 2.29. The third kappa shape index (κ3) is 3.40. The molecule has 0 unspecified atom stereocenters. The number of hydrogen-bond acceptors (Lipinski definition) is 2. The molecule has 0 radical (unpaired) electrons. The fraction of sp³-hybridized carbons (Fsp3) is 0.176. The zero-order valence-electron chi connectivity index (χ0n) is 12.5. The monoisotopic (exact) mass is 333 g/mol. The van der Waals surface area contributed by atoms with Gasteiger partial charge in [-0.25, -0.2) is 4.98 Å². The number of hydrogen-bond donors (Lipinski definition) is 1. The van der Waals surface area contributed by atoms with Crippen molar-refractivity contribution in [1.29, 1.82) is 0 Å². The van der Waals surface area contributed by atoms with Crippen molar-refractivity contribution in [3.8, 4) is 0 Å². The van der Waals surface area contributed by atoms with Crippen molar-refractivity contribution in [2.24, 2.45) is 0 Å². The van der Waals surface area contributed by atoms with E-state index in [1.807, 2.05) is 30.3 Å². The Hall–Kier alpha value is -2.83. The summed E-state index contributed by atoms with van der Waals surface area (Å²) in [5, 5.41) is 2.75. The van der Waals surface area contributed by atoms with Gasteiger partial charge < -0.3 is 5.32 Å². The van der Waals surface area contributed by atoms with E-state index in [9.17, 15) is 18.0 Å². The number of rotatable bonds is 4. The summed E-state index contributed by atoms with van der Waals surface area (Å²) in [4.78, 5) is 16.1. The summed E-state index contributed by atoms with van der Waals surface area (Å²) in [6, 6.07) is 11.5. The maximum Gasteiger partial charge on any atom is 0.416 e. The van der Waals surface area contributed by atoms with Crippen LogP contribution in [0.15, 0.2) is 54.9 Å². The van der Waals surface area contributed by atoms with Gasteiger partial charge in [-0.05, 0) is 24.1 Å². The Kier molecular flexibility index (Phi) is 4.24. The van der Waals surface area contributed by atoms with Gasteiger partial charge in [0.05, 0.1) is 11.8 Å². The Labute approximate surface area is 135 Å². The second-order valence-electron chi connectivity index (χ2n) is 5.28. The van der Waals surface area contributed by atoms with Gasteiger partial charge in [-0.1, -0.05) is 30.3 Å². The molecule has 0 spiro atoms. The standard InChI is InChI=1S/C17H14F3N3O/c18-17(19,20)13-7-9-23-14(11-22-15(23)10-13)16(24)21-8-6-12-4-2-1-3-5-12/h1-5,7,9-11H,6,8H2,(H,21,24). The molecule has 0 saturated heterocycles. The first-order valence-corrected chi connectivity index (χ1v) is 7.31. The van der Waals surface area contributed by atoms with Gasteiger partial charge in [0.1, 0.15) is 11.3 Å². The molecule has 2 heterocycles. The molecule has 7 heteroatoms. The Morgan fingerprint density at radius 3 is 2.62 bits per heavy atom. The van der Waals surface area contributed by atoms with Crippen molar-refractivity contribution < 1.29 is 18.0 Å². The topological polar surface area (TPSA) is 46.4 Å². The van der Waals surface area contributed by atoms with Crippen LogP contribution < -0.4 is 5.32 Å². The van der Waals surface area contributed by atoms with Gasteiger partial charge in [0.25, 0.3) is 5.91 Å². The lowest BCUT2D eigenvalue weighted by Gasteiger charge is -2.08. The van der Waals surface area contributed by atoms with Gasteiger partial charge in [-0.2, -0.15) is 13.2 Å². The molecule has 1 N–H and O–H groups in total. The van der Waals surface area contributed by atoms with E-state index in [4.69, 9.17) is 0 Å². The Bertz CT molecular complexity index is 856. The van der Waals surface area contributed by atoms with Crippen LogP contribution in [0.5, 0.6) is 0 Å². The third-order valence-corrected chi connectivity index (χ3v) is 3.62. The molecule has 0 atom stereocenters. The number of carbonyl (C=O) groups is 1. The predicted octanol–water partition coefficient (Wildman–Crippen LogP) is 3.33. The zero-order chi connectivity index (χ0) is 17.2. The summed E-state index contributed by atoms with van der Waals surface area (Å²) in [7, 11) is 0. The van der Waals surface area contributed by atoms with Crippen LogP contribution >= 0.6 is 0 Å². The van der Waals surface area contributed by atoms with Crippen molar-refractivity contribution in [2.75, 3.05) is 6.54 Å². The van der Waals surface area contributed by atoms with E-state index in [0.717, 1.165) is 17.7 Å². The van der Waals surface area contributed by atoms with E-state index in [-0.39, 0.29) is 17.2 Å². The normalized spacial score (nSPS) is 11.6. The molecule has 0 aliphatic heterocycles. The number of aromatic nitrogens is 2. The lowest BCUT2D eigenvalue weighted by molar-refractivity contribution is -0.137. The fourth-order valence-corrected chi connectivity index (χ4v) is 2.38. The van der Waals surface area contributed by atoms with E-state index in [1.54, 1.807) is 0 Å². The average molecular weight is 333 g/mol. The molecule has 0 fully saturated rings. The van der Waals surface area contributed by atoms with Crippen LogP contribution in [-0.4, -0.2) is 21.8 Å². The van der Waals surface area contributed by atoms with Crippen molar-refractivity contribution in [1.82, 2.24) is 14.7 Å². The lowest BCUT2D eigenvalue weighted by atomic mass is 10.1. The van der Waals surface area contributed by atoms with Crippen LogP contribution in [0.1, 0.15) is 21.6 Å². The molecule has 0 saturated carbocycles. The number of benzene rings is 1. The van der Waals surface area contributed by atoms with Gasteiger partial charge in [-0.15, -0.1) is 0 Å². The second-order valence-corrected chi connectivity index (χ2v) is 5.28. The first kappa shape index (κ1) is 16.0. The average Bonchev–Trinajstić information content (AvgIpc) is 2.98. The Morgan fingerprint density at radius 2 is 1.92 bits per heavy atom. The van der Waals surface area contributed by atoms with E-state index in [2.05, 4.69) is 10.3 Å². The summed E-state index contributed by atoms with van der Waals surface area (Å²) in [6.07, 6.45) is -1.29. The molecule has 24 heavy (non-hydrogen) atoms. The van der Waals surface area contributed by atoms with Gasteiger partial charge in [0.2, 0.25) is 0 Å². The van der Waals surface area contributed by atoms with Crippen LogP contribution in [0.3, 0.4) is 0 Å². The quantitative estimate of drug-likeness (QED) is 0.796. The summed E-state index contributed by atoms with van der Waals surface area (Å²) >= 11 is 0. The maximum absolute atomic E-state index is 12.7. The van der Waals surface area contributed by atoms with Gasteiger partial charge in [0, 0.05) is 12.7 Å². The van der Waals surface area contributed by atoms with Crippen LogP contribution in [0.25, 0.3) is 5.65 Å². The highest BCUT2D eigenvalue weighted by atomic mass is 19.4. The minimum atomic E-state index is -4.44. The Morgan fingerprint density at radius 1 is 1.17 bits per heavy atom. The number of alkyl halides is 3. The first-order chi connectivity index (χ1) is 11.4. The summed E-state index contributed by atoms with van der Waals surface area (Å²) in [6.45, 7) is 0.427. The van der Waals surface area contributed by atoms with Crippen LogP contribution in [0, 0.1) is 0 Å². The molecular formula is C17H14F3N3O.